The van der Waals surface area contributed by atoms with Crippen molar-refractivity contribution in [2.24, 2.45) is 0 Å². The number of carbonyl (C=O) groups is 1. The lowest BCUT2D eigenvalue weighted by Gasteiger charge is -2.04. The molecule has 0 unspecified atom stereocenters. The Hall–Kier alpha value is -1.82. The number of halogens is 2. The van der Waals surface area contributed by atoms with Crippen molar-refractivity contribution < 1.29 is 18.3 Å². The number of methoxy groups -OCH3 is 1. The van der Waals surface area contributed by atoms with Gasteiger partial charge in [-0.15, -0.1) is 11.3 Å². The van der Waals surface area contributed by atoms with E-state index in [0.29, 0.717) is 16.9 Å². The Labute approximate surface area is 106 Å². The lowest BCUT2D eigenvalue weighted by atomic mass is 10.2. The summed E-state index contributed by atoms with van der Waals surface area (Å²) in [4.78, 5) is 15.2. The number of hydrogen-bond donors (Lipinski definition) is 0. The molecule has 2 rings (SSSR count). The molecule has 0 fully saturated rings. The molecule has 0 atom stereocenters. The van der Waals surface area contributed by atoms with E-state index in [1.165, 1.54) is 7.11 Å². The van der Waals surface area contributed by atoms with Crippen molar-refractivity contribution in [1.82, 2.24) is 4.98 Å². The molecular weight excluding hydrogens is 260 g/mol. The number of aromatic nitrogens is 1. The number of nitrogens with zero attached hydrogens (tertiary/aromatic N) is 1. The van der Waals surface area contributed by atoms with E-state index >= 15 is 0 Å². The van der Waals surface area contributed by atoms with Crippen LogP contribution >= 0.6 is 11.3 Å². The highest BCUT2D eigenvalue weighted by molar-refractivity contribution is 7.16. The van der Waals surface area contributed by atoms with Crippen molar-refractivity contribution in [2.45, 2.75) is 6.92 Å². The van der Waals surface area contributed by atoms with E-state index in [1.54, 1.807) is 6.92 Å². The van der Waals surface area contributed by atoms with Gasteiger partial charge in [0, 0.05) is 11.6 Å². The highest BCUT2D eigenvalue weighted by Gasteiger charge is 2.16. The monoisotopic (exact) mass is 269 g/mol. The second kappa shape index (κ2) is 4.81. The van der Waals surface area contributed by atoms with Crippen molar-refractivity contribution in [2.75, 3.05) is 7.11 Å². The van der Waals surface area contributed by atoms with Gasteiger partial charge in [-0.1, -0.05) is 0 Å². The van der Waals surface area contributed by atoms with Gasteiger partial charge in [0.05, 0.1) is 17.7 Å². The molecule has 1 aromatic heterocycles. The first-order valence-corrected chi connectivity index (χ1v) is 5.84. The lowest BCUT2D eigenvalue weighted by Crippen LogP contribution is -1.92. The zero-order valence-electron chi connectivity index (χ0n) is 9.66. The highest BCUT2D eigenvalue weighted by atomic mass is 32.1. The minimum atomic E-state index is -0.672. The van der Waals surface area contributed by atoms with Crippen LogP contribution in [0, 0.1) is 18.6 Å². The maximum atomic E-state index is 13.8. The topological polar surface area (TPSA) is 39.2 Å². The summed E-state index contributed by atoms with van der Waals surface area (Å²) >= 11 is 1.02. The molecule has 1 heterocycles. The highest BCUT2D eigenvalue weighted by Crippen LogP contribution is 2.32. The summed E-state index contributed by atoms with van der Waals surface area (Å²) in [5, 5.41) is 0.272. The number of benzene rings is 1. The summed E-state index contributed by atoms with van der Waals surface area (Å²) in [5.74, 6) is -1.48. The molecule has 0 saturated heterocycles. The smallest absolute Gasteiger partial charge is 0.165 e. The van der Waals surface area contributed by atoms with Crippen LogP contribution in [-0.2, 0) is 0 Å². The fraction of sp³-hybridized carbons (Fsp3) is 0.167. The molecule has 0 aliphatic heterocycles. The van der Waals surface area contributed by atoms with Gasteiger partial charge in [-0.05, 0) is 13.0 Å². The molecular formula is C12H9F2NO2S. The number of aryl methyl sites for hydroxylation is 1. The minimum Gasteiger partial charge on any atom is -0.494 e. The van der Waals surface area contributed by atoms with Gasteiger partial charge >= 0.3 is 0 Å². The van der Waals surface area contributed by atoms with E-state index in [4.69, 9.17) is 0 Å². The third kappa shape index (κ3) is 2.11. The number of aldehydes is 1. The molecule has 6 heteroatoms. The van der Waals surface area contributed by atoms with Crippen LogP contribution in [-0.4, -0.2) is 18.4 Å². The van der Waals surface area contributed by atoms with E-state index in [1.807, 2.05) is 0 Å². The van der Waals surface area contributed by atoms with E-state index in [2.05, 4.69) is 9.72 Å². The first kappa shape index (κ1) is 12.6. The maximum Gasteiger partial charge on any atom is 0.165 e. The van der Waals surface area contributed by atoms with E-state index in [0.717, 1.165) is 23.5 Å². The Bertz CT molecular complexity index is 610. The molecule has 3 nitrogen and oxygen atoms in total. The molecule has 0 bridgehead atoms. The van der Waals surface area contributed by atoms with Crippen molar-refractivity contribution in [3.05, 3.63) is 34.3 Å². The van der Waals surface area contributed by atoms with E-state index in [-0.39, 0.29) is 16.3 Å². The summed E-state index contributed by atoms with van der Waals surface area (Å²) in [5.41, 5.74) is 0.523. The predicted octanol–water partition coefficient (Wildman–Crippen LogP) is 3.22. The fourth-order valence-electron chi connectivity index (χ4n) is 1.48. The second-order valence-electron chi connectivity index (χ2n) is 3.55. The minimum absolute atomic E-state index is 0.0227. The second-order valence-corrected chi connectivity index (χ2v) is 4.58. The van der Waals surface area contributed by atoms with Crippen LogP contribution in [0.1, 0.15) is 15.4 Å². The van der Waals surface area contributed by atoms with Gasteiger partial charge in [0.15, 0.2) is 17.9 Å². The average molecular weight is 269 g/mol. The van der Waals surface area contributed by atoms with Crippen LogP contribution < -0.4 is 4.74 Å². The number of carbonyl (C=O) groups excluding carboxylic acids is 1. The van der Waals surface area contributed by atoms with Crippen LogP contribution in [0.2, 0.25) is 0 Å². The molecule has 0 aliphatic rings. The summed E-state index contributed by atoms with van der Waals surface area (Å²) in [6, 6.07) is 1.98. The van der Waals surface area contributed by atoms with Crippen LogP contribution in [0.25, 0.3) is 10.6 Å². The molecule has 0 amide bonds. The fourth-order valence-corrected chi connectivity index (χ4v) is 2.38. The van der Waals surface area contributed by atoms with Crippen molar-refractivity contribution in [3.8, 4) is 16.3 Å². The van der Waals surface area contributed by atoms with Crippen molar-refractivity contribution in [3.63, 3.8) is 0 Å². The Morgan fingerprint density at radius 2 is 2.06 bits per heavy atom. The first-order chi connectivity index (χ1) is 8.56. The summed E-state index contributed by atoms with van der Waals surface area (Å²) in [7, 11) is 1.26. The standard InChI is InChI=1S/C12H9F2NO2S/c1-6-11(5-16)18-12(15-6)7-3-9(14)10(17-2)4-8(7)13/h3-5H,1-2H3. The normalized spacial score (nSPS) is 10.4. The molecule has 1 aromatic carbocycles. The number of ether oxygens (including phenoxy) is 1. The Morgan fingerprint density at radius 1 is 1.33 bits per heavy atom. The molecule has 18 heavy (non-hydrogen) atoms. The van der Waals surface area contributed by atoms with Gasteiger partial charge in [0.25, 0.3) is 0 Å². The van der Waals surface area contributed by atoms with Crippen molar-refractivity contribution >= 4 is 17.6 Å². The lowest BCUT2D eigenvalue weighted by molar-refractivity contribution is 0.112. The van der Waals surface area contributed by atoms with E-state index < -0.39 is 11.6 Å². The molecule has 0 N–H and O–H groups in total. The summed E-state index contributed by atoms with van der Waals surface area (Å²) in [6.07, 6.45) is 0.647. The average Bonchev–Trinajstić information content (AvgIpc) is 2.72. The van der Waals surface area contributed by atoms with Crippen LogP contribution in [0.5, 0.6) is 5.75 Å². The third-order valence-electron chi connectivity index (χ3n) is 2.41. The van der Waals surface area contributed by atoms with Gasteiger partial charge in [-0.25, -0.2) is 13.8 Å². The number of rotatable bonds is 3. The Kier molecular flexibility index (Phi) is 3.38. The van der Waals surface area contributed by atoms with Gasteiger partial charge in [-0.3, -0.25) is 4.79 Å². The summed E-state index contributed by atoms with van der Waals surface area (Å²) < 4.78 is 32.0. The van der Waals surface area contributed by atoms with Gasteiger partial charge < -0.3 is 4.74 Å². The summed E-state index contributed by atoms with van der Waals surface area (Å²) in [6.45, 7) is 1.64. The third-order valence-corrected chi connectivity index (χ3v) is 3.53. The van der Waals surface area contributed by atoms with E-state index in [9.17, 15) is 13.6 Å². The molecule has 94 valence electrons. The molecule has 0 saturated carbocycles. The quantitative estimate of drug-likeness (QED) is 0.803. The molecule has 0 spiro atoms. The van der Waals surface area contributed by atoms with Crippen LogP contribution in [0.15, 0.2) is 12.1 Å². The molecule has 0 radical (unpaired) electrons. The Balaban J connectivity index is 2.56. The van der Waals surface area contributed by atoms with Crippen LogP contribution in [0.4, 0.5) is 8.78 Å². The molecule has 2 aromatic rings. The number of thiazole rings is 1. The largest absolute Gasteiger partial charge is 0.494 e. The maximum absolute atomic E-state index is 13.8. The SMILES string of the molecule is COc1cc(F)c(-c2nc(C)c(C=O)s2)cc1F. The molecule has 0 aliphatic carbocycles. The zero-order chi connectivity index (χ0) is 13.3. The van der Waals surface area contributed by atoms with Crippen LogP contribution in [0.3, 0.4) is 0 Å². The van der Waals surface area contributed by atoms with Gasteiger partial charge in [0.2, 0.25) is 0 Å². The number of hydrogen-bond acceptors (Lipinski definition) is 4. The Morgan fingerprint density at radius 3 is 2.61 bits per heavy atom. The van der Waals surface area contributed by atoms with Gasteiger partial charge in [-0.2, -0.15) is 0 Å². The first-order valence-electron chi connectivity index (χ1n) is 5.02. The van der Waals surface area contributed by atoms with Crippen molar-refractivity contribution in [1.29, 1.82) is 0 Å². The predicted molar refractivity (Wildman–Crippen MR) is 64.1 cm³/mol. The zero-order valence-corrected chi connectivity index (χ0v) is 10.5. The van der Waals surface area contributed by atoms with Gasteiger partial charge in [0.1, 0.15) is 10.8 Å².